The molecule has 0 unspecified atom stereocenters. The summed E-state index contributed by atoms with van der Waals surface area (Å²) in [6.07, 6.45) is 8.57. The molecule has 0 aromatic carbocycles. The monoisotopic (exact) mass is 541 g/mol. The second-order valence-corrected chi connectivity index (χ2v) is 15.8. The second kappa shape index (κ2) is 10.7. The summed E-state index contributed by atoms with van der Waals surface area (Å²) in [4.78, 5) is 12.1. The third-order valence-electron chi connectivity index (χ3n) is 11.8. The van der Waals surface area contributed by atoms with Gasteiger partial charge in [-0.2, -0.15) is 0 Å². The molecule has 8 heteroatoms. The standard InChI is InChI=1S/C29H51NO6S/c1-7-20-24-16-19(31)10-13-29(24,4)23-11-14-28(3)21(8-9-22(28)26(23)27(20)33)18(2)12-15-36-25(32)17-37(34,35)30(5)6/h18-24,26-27,31,33H,7-17H2,1-6H3/t18-,19-,20-,21-,22+,23+,24+,26+,27-,28-,29-/m1/s1. The summed E-state index contributed by atoms with van der Waals surface area (Å²) in [5.74, 6) is 1.58. The number of carbonyl (C=O) groups excluding carboxylic acids is 1. The summed E-state index contributed by atoms with van der Waals surface area (Å²) in [6.45, 7) is 9.63. The number of esters is 1. The van der Waals surface area contributed by atoms with Crippen LogP contribution in [0.1, 0.15) is 85.5 Å². The molecule has 4 fully saturated rings. The maximum atomic E-state index is 12.1. The van der Waals surface area contributed by atoms with Gasteiger partial charge in [0.25, 0.3) is 0 Å². The van der Waals surface area contributed by atoms with Crippen molar-refractivity contribution < 1.29 is 28.2 Å². The molecule has 0 aromatic rings. The van der Waals surface area contributed by atoms with Gasteiger partial charge >= 0.3 is 5.97 Å². The summed E-state index contributed by atoms with van der Waals surface area (Å²) < 4.78 is 30.3. The van der Waals surface area contributed by atoms with Crippen molar-refractivity contribution in [1.29, 1.82) is 0 Å². The van der Waals surface area contributed by atoms with E-state index in [0.29, 0.717) is 35.5 Å². The van der Waals surface area contributed by atoms with E-state index >= 15 is 0 Å². The molecule has 2 N–H and O–H groups in total. The lowest BCUT2D eigenvalue weighted by Gasteiger charge is -2.64. The van der Waals surface area contributed by atoms with Crippen molar-refractivity contribution in [3.8, 4) is 0 Å². The van der Waals surface area contributed by atoms with Gasteiger partial charge in [-0.3, -0.25) is 4.79 Å². The Balaban J connectivity index is 1.44. The van der Waals surface area contributed by atoms with Crippen LogP contribution in [-0.4, -0.2) is 67.6 Å². The molecule has 0 amide bonds. The number of rotatable bonds is 8. The zero-order chi connectivity index (χ0) is 27.3. The van der Waals surface area contributed by atoms with Gasteiger partial charge in [0.1, 0.15) is 0 Å². The summed E-state index contributed by atoms with van der Waals surface area (Å²) in [7, 11) is -0.773. The number of aliphatic hydroxyl groups is 2. The number of ether oxygens (including phenoxy) is 1. The largest absolute Gasteiger partial charge is 0.465 e. The summed E-state index contributed by atoms with van der Waals surface area (Å²) in [5.41, 5.74) is 0.367. The van der Waals surface area contributed by atoms with E-state index in [1.54, 1.807) is 0 Å². The molecule has 7 nitrogen and oxygen atoms in total. The van der Waals surface area contributed by atoms with Crippen molar-refractivity contribution in [2.24, 2.45) is 52.3 Å². The molecule has 37 heavy (non-hydrogen) atoms. The Bertz CT molecular complexity index is 939. The average Bonchev–Trinajstić information content (AvgIpc) is 3.17. The Morgan fingerprint density at radius 1 is 1.03 bits per heavy atom. The molecule has 0 aliphatic heterocycles. The van der Waals surface area contributed by atoms with Gasteiger partial charge in [0, 0.05) is 14.1 Å². The van der Waals surface area contributed by atoms with E-state index in [-0.39, 0.29) is 35.6 Å². The number of aliphatic hydroxyl groups excluding tert-OH is 2. The van der Waals surface area contributed by atoms with E-state index in [1.807, 2.05) is 0 Å². The molecule has 0 heterocycles. The van der Waals surface area contributed by atoms with Crippen LogP contribution in [0.3, 0.4) is 0 Å². The smallest absolute Gasteiger partial charge is 0.322 e. The first kappa shape index (κ1) is 29.3. The van der Waals surface area contributed by atoms with Crippen molar-refractivity contribution in [1.82, 2.24) is 4.31 Å². The second-order valence-electron chi connectivity index (χ2n) is 13.6. The van der Waals surface area contributed by atoms with Crippen molar-refractivity contribution >= 4 is 16.0 Å². The Hall–Kier alpha value is -0.700. The minimum absolute atomic E-state index is 0.162. The highest BCUT2D eigenvalue weighted by Crippen LogP contribution is 2.69. The van der Waals surface area contributed by atoms with Crippen LogP contribution >= 0.6 is 0 Å². The van der Waals surface area contributed by atoms with Crippen molar-refractivity contribution in [2.45, 2.75) is 97.7 Å². The minimum Gasteiger partial charge on any atom is -0.465 e. The number of hydrogen-bond donors (Lipinski definition) is 2. The lowest BCUT2D eigenvalue weighted by molar-refractivity contribution is -0.203. The van der Waals surface area contributed by atoms with E-state index in [4.69, 9.17) is 4.74 Å². The molecule has 0 bridgehead atoms. The molecule has 4 saturated carbocycles. The van der Waals surface area contributed by atoms with Gasteiger partial charge in [-0.1, -0.05) is 34.1 Å². The van der Waals surface area contributed by atoms with E-state index in [9.17, 15) is 23.4 Å². The first-order valence-corrected chi connectivity index (χ1v) is 16.3. The third kappa shape index (κ3) is 5.14. The highest BCUT2D eigenvalue weighted by atomic mass is 32.2. The average molecular weight is 542 g/mol. The van der Waals surface area contributed by atoms with Gasteiger partial charge in [0.2, 0.25) is 10.0 Å². The molecule has 0 aromatic heterocycles. The Kier molecular flexibility index (Phi) is 8.47. The molecule has 0 saturated heterocycles. The van der Waals surface area contributed by atoms with Gasteiger partial charge in [-0.25, -0.2) is 12.7 Å². The van der Waals surface area contributed by atoms with Crippen LogP contribution in [0.5, 0.6) is 0 Å². The maximum Gasteiger partial charge on any atom is 0.322 e. The van der Waals surface area contributed by atoms with Gasteiger partial charge < -0.3 is 14.9 Å². The SMILES string of the molecule is CC[C@H]1[C@@H](O)[C@@H]2[C@H](CC[C@]3(C)[C@@H]([C@H](C)CCOC(=O)CS(=O)(=O)N(C)C)CC[C@@H]23)[C@@]2(C)CC[C@@H](O)C[C@@H]12. The number of hydrogen-bond acceptors (Lipinski definition) is 6. The van der Waals surface area contributed by atoms with Crippen LogP contribution in [0, 0.1) is 52.3 Å². The third-order valence-corrected chi connectivity index (χ3v) is 13.6. The van der Waals surface area contributed by atoms with Crippen molar-refractivity contribution in [2.75, 3.05) is 26.5 Å². The topological polar surface area (TPSA) is 104 Å². The van der Waals surface area contributed by atoms with Crippen LogP contribution in [-0.2, 0) is 19.6 Å². The highest BCUT2D eigenvalue weighted by Gasteiger charge is 2.64. The lowest BCUT2D eigenvalue weighted by Crippen LogP contribution is -2.62. The lowest BCUT2D eigenvalue weighted by atomic mass is 9.41. The first-order chi connectivity index (χ1) is 17.3. The molecule has 0 spiro atoms. The first-order valence-electron chi connectivity index (χ1n) is 14.7. The fourth-order valence-electron chi connectivity index (χ4n) is 9.81. The fourth-order valence-corrected chi connectivity index (χ4v) is 10.5. The molecule has 4 aliphatic rings. The summed E-state index contributed by atoms with van der Waals surface area (Å²) >= 11 is 0. The van der Waals surface area contributed by atoms with Crippen LogP contribution in [0.25, 0.3) is 0 Å². The molecule has 11 atom stereocenters. The predicted octanol–water partition coefficient (Wildman–Crippen LogP) is 4.07. The Morgan fingerprint density at radius 3 is 2.32 bits per heavy atom. The van der Waals surface area contributed by atoms with Crippen LogP contribution in [0.2, 0.25) is 0 Å². The molecule has 4 aliphatic carbocycles. The van der Waals surface area contributed by atoms with E-state index < -0.39 is 21.7 Å². The maximum absolute atomic E-state index is 12.1. The zero-order valence-corrected chi connectivity index (χ0v) is 24.7. The fraction of sp³-hybridized carbons (Fsp3) is 0.966. The minimum atomic E-state index is -3.61. The van der Waals surface area contributed by atoms with Gasteiger partial charge in [0.05, 0.1) is 18.8 Å². The normalized spacial score (nSPS) is 44.6. The quantitative estimate of drug-likeness (QED) is 0.449. The summed E-state index contributed by atoms with van der Waals surface area (Å²) in [5, 5.41) is 22.3. The number of fused-ring (bicyclic) bond motifs is 5. The van der Waals surface area contributed by atoms with Crippen LogP contribution in [0.15, 0.2) is 0 Å². The summed E-state index contributed by atoms with van der Waals surface area (Å²) in [6, 6.07) is 0. The predicted molar refractivity (Wildman–Crippen MR) is 144 cm³/mol. The number of carbonyl (C=O) groups is 1. The van der Waals surface area contributed by atoms with Crippen LogP contribution in [0.4, 0.5) is 0 Å². The number of nitrogens with zero attached hydrogens (tertiary/aromatic N) is 1. The molecule has 214 valence electrons. The zero-order valence-electron chi connectivity index (χ0n) is 23.9. The van der Waals surface area contributed by atoms with Gasteiger partial charge in [-0.15, -0.1) is 0 Å². The Labute approximate surface area is 224 Å². The van der Waals surface area contributed by atoms with E-state index in [1.165, 1.54) is 20.5 Å². The van der Waals surface area contributed by atoms with Crippen molar-refractivity contribution in [3.05, 3.63) is 0 Å². The number of sulfonamides is 1. The van der Waals surface area contributed by atoms with Gasteiger partial charge in [-0.05, 0) is 104 Å². The molecular weight excluding hydrogens is 490 g/mol. The molecular formula is C29H51NO6S. The molecule has 4 rings (SSSR count). The van der Waals surface area contributed by atoms with Crippen molar-refractivity contribution in [3.63, 3.8) is 0 Å². The highest BCUT2D eigenvalue weighted by molar-refractivity contribution is 7.89. The van der Waals surface area contributed by atoms with E-state index in [2.05, 4.69) is 27.7 Å². The van der Waals surface area contributed by atoms with E-state index in [0.717, 1.165) is 55.7 Å². The van der Waals surface area contributed by atoms with Crippen LogP contribution < -0.4 is 0 Å². The molecule has 0 radical (unpaired) electrons. The Morgan fingerprint density at radius 2 is 1.68 bits per heavy atom. The van der Waals surface area contributed by atoms with Gasteiger partial charge in [0.15, 0.2) is 5.75 Å².